The van der Waals surface area contributed by atoms with Gasteiger partial charge in [-0.1, -0.05) is 13.8 Å². The molecule has 0 saturated carbocycles. The molecule has 1 aromatic rings. The molecule has 0 saturated heterocycles. The lowest BCUT2D eigenvalue weighted by Crippen LogP contribution is -2.33. The molecule has 0 radical (unpaired) electrons. The van der Waals surface area contributed by atoms with Crippen LogP contribution in [0, 0.1) is 23.4 Å². The van der Waals surface area contributed by atoms with Crippen molar-refractivity contribution in [3.63, 3.8) is 0 Å². The van der Waals surface area contributed by atoms with Gasteiger partial charge in [0, 0.05) is 0 Å². The van der Waals surface area contributed by atoms with E-state index in [0.29, 0.717) is 0 Å². The van der Waals surface area contributed by atoms with Gasteiger partial charge in [-0.3, -0.25) is 15.6 Å². The predicted molar refractivity (Wildman–Crippen MR) is 63.5 cm³/mol. The van der Waals surface area contributed by atoms with Gasteiger partial charge >= 0.3 is 0 Å². The topological polar surface area (TPSA) is 61.4 Å². The third kappa shape index (κ3) is 4.13. The number of benzene rings is 1. The first-order chi connectivity index (χ1) is 8.82. The minimum absolute atomic E-state index is 0.106. The first-order valence-electron chi connectivity index (χ1n) is 5.69. The summed E-state index contributed by atoms with van der Waals surface area (Å²) in [5.74, 6) is -5.06. The van der Waals surface area contributed by atoms with Crippen LogP contribution < -0.4 is 10.9 Å². The highest BCUT2D eigenvalue weighted by atomic mass is 19.2. The molecule has 0 aliphatic rings. The van der Waals surface area contributed by atoms with Crippen molar-refractivity contribution >= 4 is 11.6 Å². The normalized spacial score (nSPS) is 12.4. The molecule has 3 N–H and O–H groups in total. The van der Waals surface area contributed by atoms with Crippen molar-refractivity contribution < 1.29 is 23.1 Å². The molecule has 0 bridgehead atoms. The van der Waals surface area contributed by atoms with E-state index in [1.165, 1.54) is 0 Å². The van der Waals surface area contributed by atoms with E-state index < -0.39 is 35.2 Å². The van der Waals surface area contributed by atoms with Crippen molar-refractivity contribution in [1.82, 2.24) is 5.43 Å². The molecule has 0 aromatic heterocycles. The van der Waals surface area contributed by atoms with Crippen molar-refractivity contribution in [3.05, 3.63) is 29.6 Å². The molecule has 1 amide bonds. The predicted octanol–water partition coefficient (Wildman–Crippen LogP) is 1.95. The number of hydrogen-bond acceptors (Lipinski definition) is 3. The number of aliphatic hydroxyl groups excluding tert-OH is 1. The number of carbonyl (C=O) groups excluding carboxylic acids is 1. The number of amides is 1. The van der Waals surface area contributed by atoms with Crippen LogP contribution in [-0.4, -0.2) is 17.1 Å². The molecule has 0 aliphatic heterocycles. The molecular formula is C12H15F3N2O2. The number of halogens is 3. The summed E-state index contributed by atoms with van der Waals surface area (Å²) >= 11 is 0. The summed E-state index contributed by atoms with van der Waals surface area (Å²) in [6.45, 7) is 3.47. The van der Waals surface area contributed by atoms with E-state index in [1.807, 2.05) is 0 Å². The second-order valence-corrected chi connectivity index (χ2v) is 4.41. The second-order valence-electron chi connectivity index (χ2n) is 4.41. The number of hydrogen-bond donors (Lipinski definition) is 3. The lowest BCUT2D eigenvalue weighted by atomic mass is 10.0. The van der Waals surface area contributed by atoms with E-state index in [-0.39, 0.29) is 12.3 Å². The molecule has 0 heterocycles. The molecule has 106 valence electrons. The zero-order valence-corrected chi connectivity index (χ0v) is 10.5. The van der Waals surface area contributed by atoms with Gasteiger partial charge in [0.05, 0.1) is 18.2 Å². The number of rotatable bonds is 5. The third-order valence-electron chi connectivity index (χ3n) is 2.54. The second kappa shape index (κ2) is 6.42. The smallest absolute Gasteiger partial charge is 0.240 e. The Balaban J connectivity index is 2.58. The van der Waals surface area contributed by atoms with Crippen LogP contribution in [0.25, 0.3) is 0 Å². The van der Waals surface area contributed by atoms with Crippen LogP contribution in [0.2, 0.25) is 0 Å². The van der Waals surface area contributed by atoms with Crippen LogP contribution in [0.3, 0.4) is 0 Å². The van der Waals surface area contributed by atoms with Crippen molar-refractivity contribution in [1.29, 1.82) is 0 Å². The minimum atomic E-state index is -1.62. The Morgan fingerprint density at radius 1 is 1.26 bits per heavy atom. The van der Waals surface area contributed by atoms with E-state index in [4.69, 9.17) is 0 Å². The summed E-state index contributed by atoms with van der Waals surface area (Å²) in [7, 11) is 0. The van der Waals surface area contributed by atoms with Crippen LogP contribution in [-0.2, 0) is 4.79 Å². The van der Waals surface area contributed by atoms with Crippen molar-refractivity contribution in [2.45, 2.75) is 26.4 Å². The monoisotopic (exact) mass is 276 g/mol. The molecule has 1 unspecified atom stereocenters. The largest absolute Gasteiger partial charge is 0.392 e. The zero-order valence-electron chi connectivity index (χ0n) is 10.5. The van der Waals surface area contributed by atoms with Gasteiger partial charge in [0.25, 0.3) is 0 Å². The van der Waals surface area contributed by atoms with Crippen LogP contribution in [0.5, 0.6) is 0 Å². The summed E-state index contributed by atoms with van der Waals surface area (Å²) in [5.41, 5.74) is 3.83. The van der Waals surface area contributed by atoms with Crippen molar-refractivity contribution in [2.75, 3.05) is 5.43 Å². The van der Waals surface area contributed by atoms with Gasteiger partial charge in [0.15, 0.2) is 17.5 Å². The van der Waals surface area contributed by atoms with E-state index in [9.17, 15) is 23.1 Å². The van der Waals surface area contributed by atoms with Gasteiger partial charge in [-0.25, -0.2) is 13.2 Å². The van der Waals surface area contributed by atoms with E-state index in [0.717, 1.165) is 12.1 Å². The van der Waals surface area contributed by atoms with Gasteiger partial charge in [-0.05, 0) is 18.1 Å². The summed E-state index contributed by atoms with van der Waals surface area (Å²) in [6, 6.07) is 1.68. The molecule has 0 aliphatic carbocycles. The van der Waals surface area contributed by atoms with E-state index in [1.54, 1.807) is 13.8 Å². The maximum absolute atomic E-state index is 13.2. The average Bonchev–Trinajstić information content (AvgIpc) is 2.35. The first kappa shape index (κ1) is 15.3. The quantitative estimate of drug-likeness (QED) is 0.569. The lowest BCUT2D eigenvalue weighted by molar-refractivity contribution is -0.123. The molecule has 1 aromatic carbocycles. The van der Waals surface area contributed by atoms with Crippen LogP contribution in [0.4, 0.5) is 18.9 Å². The standard InChI is InChI=1S/C12H15F3N2O2/c1-6(2)9(18)5-10(19)17-16-8-4-3-7(13)11(14)12(8)15/h3-4,6,9,16,18H,5H2,1-2H3,(H,17,19). The summed E-state index contributed by atoms with van der Waals surface area (Å²) in [5, 5.41) is 9.46. The summed E-state index contributed by atoms with van der Waals surface area (Å²) in [4.78, 5) is 11.4. The molecule has 7 heteroatoms. The fraction of sp³-hybridized carbons (Fsp3) is 0.417. The SMILES string of the molecule is CC(C)C(O)CC(=O)NNc1ccc(F)c(F)c1F. The van der Waals surface area contributed by atoms with Gasteiger partial charge in [-0.15, -0.1) is 0 Å². The molecule has 1 rings (SSSR count). The minimum Gasteiger partial charge on any atom is -0.392 e. The number of aliphatic hydroxyl groups is 1. The summed E-state index contributed by atoms with van der Waals surface area (Å²) < 4.78 is 38.8. The van der Waals surface area contributed by atoms with E-state index >= 15 is 0 Å². The molecule has 1 atom stereocenters. The van der Waals surface area contributed by atoms with Crippen LogP contribution in [0.15, 0.2) is 12.1 Å². The Morgan fingerprint density at radius 3 is 2.47 bits per heavy atom. The van der Waals surface area contributed by atoms with Gasteiger partial charge in [0.1, 0.15) is 0 Å². The Morgan fingerprint density at radius 2 is 1.89 bits per heavy atom. The fourth-order valence-corrected chi connectivity index (χ4v) is 1.24. The summed E-state index contributed by atoms with van der Waals surface area (Å²) in [6.07, 6.45) is -1.02. The van der Waals surface area contributed by atoms with Crippen molar-refractivity contribution in [2.24, 2.45) is 5.92 Å². The maximum atomic E-state index is 13.2. The molecular weight excluding hydrogens is 261 g/mol. The zero-order chi connectivity index (χ0) is 14.6. The maximum Gasteiger partial charge on any atom is 0.240 e. The van der Waals surface area contributed by atoms with Gasteiger partial charge in [-0.2, -0.15) is 0 Å². The fourth-order valence-electron chi connectivity index (χ4n) is 1.24. The Hall–Kier alpha value is -1.76. The average molecular weight is 276 g/mol. The Kier molecular flexibility index (Phi) is 5.17. The third-order valence-corrected chi connectivity index (χ3v) is 2.54. The van der Waals surface area contributed by atoms with Gasteiger partial charge in [0.2, 0.25) is 5.91 Å². The highest BCUT2D eigenvalue weighted by molar-refractivity contribution is 5.77. The highest BCUT2D eigenvalue weighted by Gasteiger charge is 2.16. The number of carbonyl (C=O) groups is 1. The first-order valence-corrected chi connectivity index (χ1v) is 5.69. The van der Waals surface area contributed by atoms with E-state index in [2.05, 4.69) is 10.9 Å². The number of hydrazine groups is 1. The Labute approximate surface area is 108 Å². The number of nitrogens with one attached hydrogen (secondary N) is 2. The van der Waals surface area contributed by atoms with Crippen LogP contribution in [0.1, 0.15) is 20.3 Å². The Bertz CT molecular complexity index is 467. The van der Waals surface area contributed by atoms with Crippen LogP contribution >= 0.6 is 0 Å². The molecule has 0 fully saturated rings. The lowest BCUT2D eigenvalue weighted by Gasteiger charge is -2.15. The highest BCUT2D eigenvalue weighted by Crippen LogP contribution is 2.18. The molecule has 4 nitrogen and oxygen atoms in total. The molecule has 19 heavy (non-hydrogen) atoms. The number of anilines is 1. The van der Waals surface area contributed by atoms with Crippen molar-refractivity contribution in [3.8, 4) is 0 Å². The molecule has 0 spiro atoms. The van der Waals surface area contributed by atoms with Gasteiger partial charge < -0.3 is 5.11 Å².